The third-order valence-electron chi connectivity index (χ3n) is 3.48. The van der Waals surface area contributed by atoms with Crippen LogP contribution in [0.4, 0.5) is 0 Å². The summed E-state index contributed by atoms with van der Waals surface area (Å²) in [4.78, 5) is 0. The standard InChI is InChI=1S/C14H20BrN3O2/c1-2-12(7-13(16)18-19)17-8-10-6-11(15)5-9-3-4-20-14(9)10/h5-6,12,17,19H,2-4,7-8H2,1H3,(H2,16,18). The maximum absolute atomic E-state index is 8.64. The number of amidine groups is 1. The molecule has 20 heavy (non-hydrogen) atoms. The molecule has 1 heterocycles. The fourth-order valence-corrected chi connectivity index (χ4v) is 2.94. The van der Waals surface area contributed by atoms with Crippen LogP contribution < -0.4 is 15.8 Å². The molecule has 1 aromatic carbocycles. The number of ether oxygens (including phenoxy) is 1. The molecule has 1 aliphatic heterocycles. The van der Waals surface area contributed by atoms with Crippen molar-refractivity contribution >= 4 is 21.8 Å². The van der Waals surface area contributed by atoms with Crippen molar-refractivity contribution in [1.29, 1.82) is 0 Å². The first-order chi connectivity index (χ1) is 9.63. The summed E-state index contributed by atoms with van der Waals surface area (Å²) in [6.07, 6.45) is 2.40. The van der Waals surface area contributed by atoms with Gasteiger partial charge in [0.2, 0.25) is 0 Å². The third-order valence-corrected chi connectivity index (χ3v) is 3.94. The molecular weight excluding hydrogens is 322 g/mol. The first-order valence-electron chi connectivity index (χ1n) is 6.78. The highest BCUT2D eigenvalue weighted by Gasteiger charge is 2.18. The molecule has 0 saturated heterocycles. The van der Waals surface area contributed by atoms with E-state index in [1.165, 1.54) is 5.56 Å². The molecule has 0 spiro atoms. The van der Waals surface area contributed by atoms with Gasteiger partial charge >= 0.3 is 0 Å². The first kappa shape index (κ1) is 15.1. The molecule has 0 aromatic heterocycles. The fraction of sp³-hybridized carbons (Fsp3) is 0.500. The third kappa shape index (κ3) is 3.64. The van der Waals surface area contributed by atoms with Gasteiger partial charge < -0.3 is 21.0 Å². The molecule has 4 N–H and O–H groups in total. The molecule has 0 bridgehead atoms. The Balaban J connectivity index is 2.03. The number of benzene rings is 1. The minimum absolute atomic E-state index is 0.182. The van der Waals surface area contributed by atoms with E-state index in [-0.39, 0.29) is 11.9 Å². The Kier molecular flexibility index (Phi) is 5.25. The van der Waals surface area contributed by atoms with Crippen LogP contribution in [-0.4, -0.2) is 23.7 Å². The molecule has 0 fully saturated rings. The minimum Gasteiger partial charge on any atom is -0.493 e. The summed E-state index contributed by atoms with van der Waals surface area (Å²) in [5.41, 5.74) is 7.95. The lowest BCUT2D eigenvalue weighted by Crippen LogP contribution is -2.32. The van der Waals surface area contributed by atoms with Crippen molar-refractivity contribution in [1.82, 2.24) is 5.32 Å². The number of halogens is 1. The van der Waals surface area contributed by atoms with Crippen LogP contribution in [0.3, 0.4) is 0 Å². The van der Waals surface area contributed by atoms with Crippen molar-refractivity contribution in [3.63, 3.8) is 0 Å². The van der Waals surface area contributed by atoms with Gasteiger partial charge in [-0.1, -0.05) is 28.0 Å². The van der Waals surface area contributed by atoms with Crippen molar-refractivity contribution in [3.05, 3.63) is 27.7 Å². The van der Waals surface area contributed by atoms with E-state index in [9.17, 15) is 0 Å². The van der Waals surface area contributed by atoms with Gasteiger partial charge in [-0.15, -0.1) is 0 Å². The van der Waals surface area contributed by atoms with E-state index in [2.05, 4.69) is 45.5 Å². The van der Waals surface area contributed by atoms with Gasteiger partial charge in [-0.2, -0.15) is 0 Å². The van der Waals surface area contributed by atoms with Crippen LogP contribution in [-0.2, 0) is 13.0 Å². The number of rotatable bonds is 6. The molecule has 1 aromatic rings. The van der Waals surface area contributed by atoms with Crippen LogP contribution in [0.15, 0.2) is 21.8 Å². The molecule has 1 aliphatic rings. The largest absolute Gasteiger partial charge is 0.493 e. The summed E-state index contributed by atoms with van der Waals surface area (Å²) in [5.74, 6) is 1.25. The summed E-state index contributed by atoms with van der Waals surface area (Å²) in [7, 11) is 0. The summed E-state index contributed by atoms with van der Waals surface area (Å²) in [5, 5.41) is 15.1. The highest BCUT2D eigenvalue weighted by atomic mass is 79.9. The lowest BCUT2D eigenvalue weighted by Gasteiger charge is -2.17. The lowest BCUT2D eigenvalue weighted by molar-refractivity contribution is 0.315. The van der Waals surface area contributed by atoms with E-state index in [0.29, 0.717) is 13.0 Å². The van der Waals surface area contributed by atoms with Crippen molar-refractivity contribution < 1.29 is 9.94 Å². The Morgan fingerprint density at radius 3 is 3.10 bits per heavy atom. The molecule has 0 radical (unpaired) electrons. The topological polar surface area (TPSA) is 79.9 Å². The summed E-state index contributed by atoms with van der Waals surface area (Å²) >= 11 is 3.54. The van der Waals surface area contributed by atoms with Gasteiger partial charge in [0.15, 0.2) is 0 Å². The van der Waals surface area contributed by atoms with Gasteiger partial charge in [-0.3, -0.25) is 0 Å². The number of hydrogen-bond donors (Lipinski definition) is 3. The van der Waals surface area contributed by atoms with E-state index in [0.717, 1.165) is 35.2 Å². The SMILES string of the molecule is CCC(C/C(N)=N/O)NCc1cc(Br)cc2c1OCC2. The van der Waals surface area contributed by atoms with E-state index in [1.54, 1.807) is 0 Å². The maximum Gasteiger partial charge on any atom is 0.140 e. The second-order valence-electron chi connectivity index (χ2n) is 4.93. The van der Waals surface area contributed by atoms with Gasteiger partial charge in [0.25, 0.3) is 0 Å². The lowest BCUT2D eigenvalue weighted by atomic mass is 10.1. The monoisotopic (exact) mass is 341 g/mol. The Hall–Kier alpha value is -1.27. The van der Waals surface area contributed by atoms with Crippen LogP contribution in [0.25, 0.3) is 0 Å². The molecule has 6 heteroatoms. The molecule has 1 unspecified atom stereocenters. The zero-order valence-corrected chi connectivity index (χ0v) is 13.1. The summed E-state index contributed by atoms with van der Waals surface area (Å²) < 4.78 is 6.78. The molecule has 2 rings (SSSR count). The minimum atomic E-state index is 0.182. The van der Waals surface area contributed by atoms with Crippen LogP contribution in [0, 0.1) is 0 Å². The van der Waals surface area contributed by atoms with Gasteiger partial charge in [0.1, 0.15) is 11.6 Å². The normalized spacial score (nSPS) is 15.8. The average molecular weight is 342 g/mol. The maximum atomic E-state index is 8.64. The number of fused-ring (bicyclic) bond motifs is 1. The first-order valence-corrected chi connectivity index (χ1v) is 7.57. The number of hydrogen-bond acceptors (Lipinski definition) is 4. The van der Waals surface area contributed by atoms with Crippen molar-refractivity contribution in [2.75, 3.05) is 6.61 Å². The van der Waals surface area contributed by atoms with E-state index < -0.39 is 0 Å². The van der Waals surface area contributed by atoms with E-state index in [4.69, 9.17) is 15.7 Å². The van der Waals surface area contributed by atoms with Crippen LogP contribution in [0.2, 0.25) is 0 Å². The van der Waals surface area contributed by atoms with E-state index in [1.807, 2.05) is 0 Å². The molecule has 110 valence electrons. The van der Waals surface area contributed by atoms with Crippen molar-refractivity contribution in [3.8, 4) is 5.75 Å². The zero-order valence-electron chi connectivity index (χ0n) is 11.5. The van der Waals surface area contributed by atoms with Gasteiger partial charge in [0.05, 0.1) is 6.61 Å². The molecule has 0 saturated carbocycles. The molecular formula is C14H20BrN3O2. The quantitative estimate of drug-likeness (QED) is 0.321. The number of nitrogens with zero attached hydrogens (tertiary/aromatic N) is 1. The zero-order chi connectivity index (χ0) is 14.5. The Morgan fingerprint density at radius 1 is 1.60 bits per heavy atom. The van der Waals surface area contributed by atoms with Crippen LogP contribution in [0.1, 0.15) is 30.9 Å². The van der Waals surface area contributed by atoms with Crippen LogP contribution >= 0.6 is 15.9 Å². The van der Waals surface area contributed by atoms with Gasteiger partial charge in [-0.05, 0) is 24.1 Å². The number of nitrogens with two attached hydrogens (primary N) is 1. The predicted molar refractivity (Wildman–Crippen MR) is 82.3 cm³/mol. The second kappa shape index (κ2) is 6.95. The van der Waals surface area contributed by atoms with Gasteiger partial charge in [-0.25, -0.2) is 0 Å². The number of nitrogens with one attached hydrogen (secondary N) is 1. The van der Waals surface area contributed by atoms with E-state index >= 15 is 0 Å². The highest BCUT2D eigenvalue weighted by Crippen LogP contribution is 2.32. The second-order valence-corrected chi connectivity index (χ2v) is 5.85. The highest BCUT2D eigenvalue weighted by molar-refractivity contribution is 9.10. The molecule has 0 amide bonds. The van der Waals surface area contributed by atoms with Gasteiger partial charge in [0, 0.05) is 35.5 Å². The van der Waals surface area contributed by atoms with Crippen molar-refractivity contribution in [2.45, 2.75) is 38.8 Å². The Morgan fingerprint density at radius 2 is 2.40 bits per heavy atom. The van der Waals surface area contributed by atoms with Crippen molar-refractivity contribution in [2.24, 2.45) is 10.9 Å². The number of oxime groups is 1. The molecule has 0 aliphatic carbocycles. The smallest absolute Gasteiger partial charge is 0.140 e. The summed E-state index contributed by atoms with van der Waals surface area (Å²) in [6.45, 7) is 3.53. The predicted octanol–water partition coefficient (Wildman–Crippen LogP) is 2.39. The molecule has 5 nitrogen and oxygen atoms in total. The summed E-state index contributed by atoms with van der Waals surface area (Å²) in [6, 6.07) is 4.37. The molecule has 1 atom stereocenters. The van der Waals surface area contributed by atoms with Crippen LogP contribution in [0.5, 0.6) is 5.75 Å². The Labute approximate surface area is 127 Å². The Bertz CT molecular complexity index is 505. The average Bonchev–Trinajstić information content (AvgIpc) is 2.90. The fourth-order valence-electron chi connectivity index (χ4n) is 2.39.